The Morgan fingerprint density at radius 3 is 2.62 bits per heavy atom. The van der Waals surface area contributed by atoms with Crippen molar-refractivity contribution in [2.75, 3.05) is 50.9 Å². The van der Waals surface area contributed by atoms with E-state index in [-0.39, 0.29) is 18.1 Å². The Morgan fingerprint density at radius 1 is 1.06 bits per heavy atom. The largest absolute Gasteiger partial charge is 0.398 e. The van der Waals surface area contributed by atoms with Crippen LogP contribution in [0.4, 0.5) is 5.69 Å². The summed E-state index contributed by atoms with van der Waals surface area (Å²) >= 11 is 0. The minimum Gasteiger partial charge on any atom is -0.398 e. The van der Waals surface area contributed by atoms with Gasteiger partial charge in [-0.3, -0.25) is 24.2 Å². The predicted octanol–water partition coefficient (Wildman–Crippen LogP) is 5.14. The van der Waals surface area contributed by atoms with Crippen LogP contribution in [0.3, 0.4) is 0 Å². The van der Waals surface area contributed by atoms with Crippen molar-refractivity contribution in [1.82, 2.24) is 19.7 Å². The number of rotatable bonds is 9. The fourth-order valence-corrected chi connectivity index (χ4v) is 7.14. The Morgan fingerprint density at radius 2 is 1.86 bits per heavy atom. The second-order valence-electron chi connectivity index (χ2n) is 13.4. The number of carbonyl (C=O) groups is 2. The molecule has 3 aliphatic rings. The third kappa shape index (κ3) is 7.64. The van der Waals surface area contributed by atoms with Gasteiger partial charge in [-0.25, -0.2) is 0 Å². The van der Waals surface area contributed by atoms with Gasteiger partial charge in [0.25, 0.3) is 0 Å². The number of nitrogens with two attached hydrogens (primary N) is 1. The van der Waals surface area contributed by atoms with Gasteiger partial charge in [0.1, 0.15) is 6.29 Å². The molecule has 0 spiro atoms. The predicted molar refractivity (Wildman–Crippen MR) is 195 cm³/mol. The molecule has 7 rings (SSSR count). The molecule has 0 bridgehead atoms. The van der Waals surface area contributed by atoms with E-state index in [0.29, 0.717) is 43.9 Å². The number of aromatic nitrogens is 3. The number of likely N-dealkylation sites (tertiary alicyclic amines) is 1. The molecule has 3 aliphatic heterocycles. The molecule has 1 amide bonds. The quantitative estimate of drug-likeness (QED) is 0.242. The molecule has 0 saturated carbocycles. The van der Waals surface area contributed by atoms with E-state index in [4.69, 9.17) is 25.2 Å². The first-order valence-electron chi connectivity index (χ1n) is 17.7. The van der Waals surface area contributed by atoms with Crippen LogP contribution in [0.15, 0.2) is 77.7 Å². The molecular weight excluding hydrogens is 630 g/mol. The van der Waals surface area contributed by atoms with Crippen molar-refractivity contribution >= 4 is 40.1 Å². The molecule has 50 heavy (non-hydrogen) atoms. The number of fused-ring (bicyclic) bond motifs is 1. The van der Waals surface area contributed by atoms with E-state index in [1.54, 1.807) is 6.92 Å². The third-order valence-electron chi connectivity index (χ3n) is 10.1. The summed E-state index contributed by atoms with van der Waals surface area (Å²) in [5, 5.41) is 6.57. The number of hydrogen-bond acceptors (Lipinski definition) is 9. The minimum atomic E-state index is 0.0393. The lowest BCUT2D eigenvalue weighted by molar-refractivity contribution is -0.128. The number of anilines is 1. The second-order valence-corrected chi connectivity index (χ2v) is 13.4. The number of nitrogens with zero attached hydrogens (tertiary/aromatic N) is 6. The Labute approximate surface area is 292 Å². The summed E-state index contributed by atoms with van der Waals surface area (Å²) in [6.07, 6.45) is 11.3. The Hall–Kier alpha value is -4.87. The van der Waals surface area contributed by atoms with Crippen molar-refractivity contribution in [3.8, 4) is 11.3 Å². The Kier molecular flexibility index (Phi) is 10.3. The zero-order chi connectivity index (χ0) is 34.5. The highest BCUT2D eigenvalue weighted by Gasteiger charge is 2.27. The summed E-state index contributed by atoms with van der Waals surface area (Å²) in [4.78, 5) is 37.5. The fraction of sp³-hybridized carbons (Fsp3) is 0.410. The molecule has 3 saturated heterocycles. The monoisotopic (exact) mass is 675 g/mol. The minimum absolute atomic E-state index is 0.0393. The van der Waals surface area contributed by atoms with Gasteiger partial charge in [0.15, 0.2) is 0 Å². The maximum Gasteiger partial charge on any atom is 0.219 e. The summed E-state index contributed by atoms with van der Waals surface area (Å²) in [7, 11) is 0. The molecule has 2 aromatic carbocycles. The van der Waals surface area contributed by atoms with Crippen LogP contribution in [-0.4, -0.2) is 95.7 Å². The lowest BCUT2D eigenvalue weighted by Crippen LogP contribution is -2.40. The molecule has 4 aromatic rings. The van der Waals surface area contributed by atoms with E-state index in [1.165, 1.54) is 0 Å². The number of hydrogen-bond donors (Lipinski definition) is 1. The summed E-state index contributed by atoms with van der Waals surface area (Å²) in [5.41, 5.74) is 14.0. The van der Waals surface area contributed by atoms with Crippen molar-refractivity contribution in [3.63, 3.8) is 0 Å². The molecule has 2 N–H and O–H groups in total. The van der Waals surface area contributed by atoms with Crippen molar-refractivity contribution in [3.05, 3.63) is 83.8 Å². The number of benzene rings is 2. The molecule has 11 nitrogen and oxygen atoms in total. The number of ether oxygens (including phenoxy) is 2. The Balaban J connectivity index is 1.01. The first-order chi connectivity index (χ1) is 24.4. The topological polar surface area (TPSA) is 128 Å². The summed E-state index contributed by atoms with van der Waals surface area (Å²) in [5.74, 6) is 0.0393. The van der Waals surface area contributed by atoms with Crippen molar-refractivity contribution in [2.45, 2.75) is 57.7 Å². The zero-order valence-corrected chi connectivity index (χ0v) is 28.7. The molecule has 2 aromatic heterocycles. The van der Waals surface area contributed by atoms with E-state index in [2.05, 4.69) is 22.1 Å². The highest BCUT2D eigenvalue weighted by Crippen LogP contribution is 2.30. The maximum absolute atomic E-state index is 12.4. The summed E-state index contributed by atoms with van der Waals surface area (Å²) in [6.45, 7) is 7.25. The molecule has 5 heterocycles. The molecule has 11 heteroatoms. The summed E-state index contributed by atoms with van der Waals surface area (Å²) < 4.78 is 13.7. The number of aldehydes is 1. The fourth-order valence-electron chi connectivity index (χ4n) is 7.14. The number of carbonyl (C=O) groups excluding carboxylic acids is 2. The van der Waals surface area contributed by atoms with Crippen LogP contribution in [0, 0.1) is 0 Å². The van der Waals surface area contributed by atoms with Gasteiger partial charge < -0.3 is 25.0 Å². The van der Waals surface area contributed by atoms with Gasteiger partial charge in [-0.2, -0.15) is 5.10 Å². The van der Waals surface area contributed by atoms with Gasteiger partial charge >= 0.3 is 0 Å². The van der Waals surface area contributed by atoms with Gasteiger partial charge in [0, 0.05) is 110 Å². The number of pyridine rings is 1. The van der Waals surface area contributed by atoms with Crippen LogP contribution < -0.4 is 10.6 Å². The van der Waals surface area contributed by atoms with E-state index in [9.17, 15) is 9.59 Å². The first-order valence-corrected chi connectivity index (χ1v) is 17.7. The lowest BCUT2D eigenvalue weighted by atomic mass is 9.93. The van der Waals surface area contributed by atoms with E-state index in [0.717, 1.165) is 103 Å². The van der Waals surface area contributed by atoms with E-state index in [1.807, 2.05) is 64.6 Å². The van der Waals surface area contributed by atoms with Gasteiger partial charge in [0.2, 0.25) is 5.91 Å². The third-order valence-corrected chi connectivity index (χ3v) is 10.1. The van der Waals surface area contributed by atoms with Gasteiger partial charge in [-0.1, -0.05) is 18.2 Å². The highest BCUT2D eigenvalue weighted by atomic mass is 16.5. The van der Waals surface area contributed by atoms with E-state index >= 15 is 0 Å². The van der Waals surface area contributed by atoms with Gasteiger partial charge in [-0.05, 0) is 61.4 Å². The van der Waals surface area contributed by atoms with Crippen LogP contribution in [0.1, 0.15) is 54.9 Å². The van der Waals surface area contributed by atoms with Crippen LogP contribution in [0.5, 0.6) is 0 Å². The molecule has 0 radical (unpaired) electrons. The number of amides is 1. The number of piperidine rings is 2. The molecular formula is C39H45N7O4. The lowest BCUT2D eigenvalue weighted by Gasteiger charge is -2.33. The Bertz CT molecular complexity index is 1890. The number of aliphatic imine (C=N–C) groups is 1. The first kappa shape index (κ1) is 33.6. The smallest absolute Gasteiger partial charge is 0.219 e. The van der Waals surface area contributed by atoms with Crippen molar-refractivity contribution < 1.29 is 19.1 Å². The standard InChI is InChI=1S/C39H45N7O4/c1-27(48)45-16-11-37(43-31-12-18-49-19-13-31)36(25-45)39(40)34-4-2-3-29-21-38(41-23-35(29)34)30-22-42-46(24-30)17-20-50-33-9-14-44(15-10-33)32-7-5-28(26-47)6-8-32/h2-8,21-24,26,31,33H,9-20,25,40H2,1H3/b39-36-,43-37?. The average molecular weight is 676 g/mol. The van der Waals surface area contributed by atoms with Crippen LogP contribution in [-0.2, 0) is 20.8 Å². The molecule has 3 fully saturated rings. The van der Waals surface area contributed by atoms with Crippen molar-refractivity contribution in [1.29, 1.82) is 0 Å². The second kappa shape index (κ2) is 15.3. The highest BCUT2D eigenvalue weighted by molar-refractivity contribution is 6.10. The van der Waals surface area contributed by atoms with Crippen LogP contribution in [0.2, 0.25) is 0 Å². The van der Waals surface area contributed by atoms with Crippen LogP contribution in [0.25, 0.3) is 27.7 Å². The molecule has 0 atom stereocenters. The molecule has 260 valence electrons. The molecule has 0 aliphatic carbocycles. The van der Waals surface area contributed by atoms with Crippen molar-refractivity contribution in [2.24, 2.45) is 10.7 Å². The molecule has 0 unspecified atom stereocenters. The average Bonchev–Trinajstić information content (AvgIpc) is 3.64. The zero-order valence-electron chi connectivity index (χ0n) is 28.7. The van der Waals surface area contributed by atoms with E-state index < -0.39 is 0 Å². The van der Waals surface area contributed by atoms with Gasteiger partial charge in [-0.15, -0.1) is 0 Å². The summed E-state index contributed by atoms with van der Waals surface area (Å²) in [6, 6.07) is 16.2. The normalized spacial score (nSPS) is 19.7. The maximum atomic E-state index is 12.4. The van der Waals surface area contributed by atoms with Crippen LogP contribution >= 0.6 is 0 Å². The van der Waals surface area contributed by atoms with Gasteiger partial charge in [0.05, 0.1) is 37.2 Å². The SMILES string of the molecule is CC(=O)N1CCC(=NC2CCOCC2)/C(=C(\N)c2cccc3cc(-c4cnn(CCOC5CCN(c6ccc(C=O)cc6)CC5)c4)ncc23)C1.